The van der Waals surface area contributed by atoms with Gasteiger partial charge in [0.05, 0.1) is 18.7 Å². The van der Waals surface area contributed by atoms with Gasteiger partial charge in [-0.15, -0.1) is 0 Å². The molecule has 1 N–H and O–H groups in total. The first-order valence-corrected chi connectivity index (χ1v) is 7.66. The lowest BCUT2D eigenvalue weighted by Gasteiger charge is -2.09. The average Bonchev–Trinajstić information content (AvgIpc) is 2.44. The van der Waals surface area contributed by atoms with Crippen molar-refractivity contribution in [2.24, 2.45) is 0 Å². The van der Waals surface area contributed by atoms with E-state index in [1.165, 1.54) is 0 Å². The van der Waals surface area contributed by atoms with Crippen molar-refractivity contribution in [1.82, 2.24) is 0 Å². The number of hydrogen-bond donors (Lipinski definition) is 1. The van der Waals surface area contributed by atoms with Crippen molar-refractivity contribution in [2.75, 3.05) is 11.9 Å². The van der Waals surface area contributed by atoms with Crippen LogP contribution in [0.2, 0.25) is 5.02 Å². The first kappa shape index (κ1) is 15.9. The number of anilines is 1. The van der Waals surface area contributed by atoms with Gasteiger partial charge in [-0.05, 0) is 64.8 Å². The van der Waals surface area contributed by atoms with Crippen LogP contribution < -0.4 is 10.1 Å². The number of carbonyl (C=O) groups is 1. The molecule has 0 spiro atoms. The van der Waals surface area contributed by atoms with E-state index in [2.05, 4.69) is 21.2 Å². The van der Waals surface area contributed by atoms with Crippen molar-refractivity contribution in [2.45, 2.75) is 13.3 Å². The lowest BCUT2D eigenvalue weighted by Crippen LogP contribution is -2.15. The second kappa shape index (κ2) is 7.48. The van der Waals surface area contributed by atoms with E-state index >= 15 is 0 Å². The third kappa shape index (κ3) is 5.06. The van der Waals surface area contributed by atoms with E-state index in [0.717, 1.165) is 15.7 Å². The smallest absolute Gasteiger partial charge is 0.227 e. The first-order valence-electron chi connectivity index (χ1n) is 6.49. The maximum Gasteiger partial charge on any atom is 0.227 e. The number of ether oxygens (including phenoxy) is 1. The van der Waals surface area contributed by atoms with Crippen LogP contribution in [0.25, 0.3) is 0 Å². The van der Waals surface area contributed by atoms with Crippen LogP contribution >= 0.6 is 27.5 Å². The quantitative estimate of drug-likeness (QED) is 0.822. The zero-order valence-electron chi connectivity index (χ0n) is 11.5. The maximum atomic E-state index is 11.9. The number of amides is 1. The molecule has 0 heterocycles. The number of carbonyl (C=O) groups excluding carboxylic acids is 1. The summed E-state index contributed by atoms with van der Waals surface area (Å²) in [6, 6.07) is 12.8. The number of hydrogen-bond acceptors (Lipinski definition) is 2. The first-order chi connectivity index (χ1) is 10.0. The molecule has 3 nitrogen and oxygen atoms in total. The largest absolute Gasteiger partial charge is 0.493 e. The highest BCUT2D eigenvalue weighted by atomic mass is 79.9. The molecule has 21 heavy (non-hydrogen) atoms. The molecule has 0 unspecified atom stereocenters. The van der Waals surface area contributed by atoms with E-state index in [-0.39, 0.29) is 12.3 Å². The standard InChI is InChI=1S/C16H15BrClNO2/c1-11-2-7-15(14(17)10-11)19-16(20)8-9-21-13-5-3-12(18)4-6-13/h2-7,10H,8-9H2,1H3,(H,19,20). The van der Waals surface area contributed by atoms with E-state index in [9.17, 15) is 4.79 Å². The predicted molar refractivity (Wildman–Crippen MR) is 89.1 cm³/mol. The van der Waals surface area contributed by atoms with Crippen molar-refractivity contribution in [1.29, 1.82) is 0 Å². The molecule has 5 heteroatoms. The highest BCUT2D eigenvalue weighted by molar-refractivity contribution is 9.10. The monoisotopic (exact) mass is 367 g/mol. The Bertz CT molecular complexity index is 629. The summed E-state index contributed by atoms with van der Waals surface area (Å²) >= 11 is 9.22. The van der Waals surface area contributed by atoms with Crippen molar-refractivity contribution in [3.8, 4) is 5.75 Å². The van der Waals surface area contributed by atoms with Gasteiger partial charge in [-0.3, -0.25) is 4.79 Å². The van der Waals surface area contributed by atoms with E-state index in [1.807, 2.05) is 25.1 Å². The van der Waals surface area contributed by atoms with Crippen molar-refractivity contribution in [3.05, 3.63) is 57.5 Å². The second-order valence-electron chi connectivity index (χ2n) is 4.58. The molecule has 0 saturated heterocycles. The molecule has 0 aliphatic rings. The SMILES string of the molecule is Cc1ccc(NC(=O)CCOc2ccc(Cl)cc2)c(Br)c1. The molecule has 0 saturated carbocycles. The fraction of sp³-hybridized carbons (Fsp3) is 0.188. The molecule has 2 aromatic rings. The summed E-state index contributed by atoms with van der Waals surface area (Å²) < 4.78 is 6.36. The molecule has 0 bridgehead atoms. The van der Waals surface area contributed by atoms with Crippen LogP contribution in [-0.4, -0.2) is 12.5 Å². The molecule has 0 atom stereocenters. The second-order valence-corrected chi connectivity index (χ2v) is 5.87. The minimum Gasteiger partial charge on any atom is -0.493 e. The topological polar surface area (TPSA) is 38.3 Å². The van der Waals surface area contributed by atoms with Gasteiger partial charge in [-0.25, -0.2) is 0 Å². The fourth-order valence-electron chi connectivity index (χ4n) is 1.73. The molecule has 1 amide bonds. The zero-order valence-corrected chi connectivity index (χ0v) is 13.9. The Hall–Kier alpha value is -1.52. The molecule has 110 valence electrons. The van der Waals surface area contributed by atoms with Gasteiger partial charge in [0.2, 0.25) is 5.91 Å². The van der Waals surface area contributed by atoms with Gasteiger partial charge >= 0.3 is 0 Å². The van der Waals surface area contributed by atoms with Crippen LogP contribution in [0, 0.1) is 6.92 Å². The van der Waals surface area contributed by atoms with Gasteiger partial charge in [0.1, 0.15) is 5.75 Å². The Balaban J connectivity index is 1.81. The Kier molecular flexibility index (Phi) is 5.65. The van der Waals surface area contributed by atoms with Gasteiger partial charge in [0.15, 0.2) is 0 Å². The third-order valence-corrected chi connectivity index (χ3v) is 3.72. The zero-order chi connectivity index (χ0) is 15.2. The summed E-state index contributed by atoms with van der Waals surface area (Å²) in [5, 5.41) is 3.50. The van der Waals surface area contributed by atoms with Crippen LogP contribution in [0.15, 0.2) is 46.9 Å². The average molecular weight is 369 g/mol. The van der Waals surface area contributed by atoms with Gasteiger partial charge in [0.25, 0.3) is 0 Å². The van der Waals surface area contributed by atoms with Crippen LogP contribution in [0.5, 0.6) is 5.75 Å². The molecule has 0 aliphatic carbocycles. The van der Waals surface area contributed by atoms with Crippen molar-refractivity contribution < 1.29 is 9.53 Å². The van der Waals surface area contributed by atoms with E-state index in [1.54, 1.807) is 24.3 Å². The molecule has 0 fully saturated rings. The maximum absolute atomic E-state index is 11.9. The lowest BCUT2D eigenvalue weighted by molar-refractivity contribution is -0.116. The lowest BCUT2D eigenvalue weighted by atomic mass is 10.2. The number of nitrogens with one attached hydrogen (secondary N) is 1. The van der Waals surface area contributed by atoms with Gasteiger partial charge in [0, 0.05) is 9.50 Å². The minimum absolute atomic E-state index is 0.0893. The van der Waals surface area contributed by atoms with Crippen LogP contribution in [0.3, 0.4) is 0 Å². The Morgan fingerprint density at radius 2 is 1.95 bits per heavy atom. The highest BCUT2D eigenvalue weighted by Crippen LogP contribution is 2.23. The molecular weight excluding hydrogens is 354 g/mol. The van der Waals surface area contributed by atoms with Crippen molar-refractivity contribution >= 4 is 39.1 Å². The van der Waals surface area contributed by atoms with Crippen LogP contribution in [0.1, 0.15) is 12.0 Å². The Labute approximate surface area is 137 Å². The van der Waals surface area contributed by atoms with E-state index in [0.29, 0.717) is 17.4 Å². The Morgan fingerprint density at radius 3 is 2.62 bits per heavy atom. The van der Waals surface area contributed by atoms with Crippen LogP contribution in [-0.2, 0) is 4.79 Å². The van der Waals surface area contributed by atoms with Gasteiger partial charge in [-0.1, -0.05) is 17.7 Å². The molecule has 2 aromatic carbocycles. The number of rotatable bonds is 5. The Morgan fingerprint density at radius 1 is 1.24 bits per heavy atom. The summed E-state index contributed by atoms with van der Waals surface area (Å²) in [6.07, 6.45) is 0.281. The predicted octanol–water partition coefficient (Wildman–Crippen LogP) is 4.82. The summed E-state index contributed by atoms with van der Waals surface area (Å²) in [4.78, 5) is 11.9. The molecule has 0 aromatic heterocycles. The molecule has 0 radical (unpaired) electrons. The van der Waals surface area contributed by atoms with E-state index < -0.39 is 0 Å². The van der Waals surface area contributed by atoms with Crippen LogP contribution in [0.4, 0.5) is 5.69 Å². The number of halogens is 2. The fourth-order valence-corrected chi connectivity index (χ4v) is 2.44. The van der Waals surface area contributed by atoms with Crippen molar-refractivity contribution in [3.63, 3.8) is 0 Å². The number of aryl methyl sites for hydroxylation is 1. The summed E-state index contributed by atoms with van der Waals surface area (Å²) in [6.45, 7) is 2.31. The molecular formula is C16H15BrClNO2. The van der Waals surface area contributed by atoms with Gasteiger partial charge < -0.3 is 10.1 Å². The summed E-state index contributed by atoms with van der Waals surface area (Å²) in [5.41, 5.74) is 1.89. The van der Waals surface area contributed by atoms with Gasteiger partial charge in [-0.2, -0.15) is 0 Å². The molecule has 2 rings (SSSR count). The third-order valence-electron chi connectivity index (χ3n) is 2.81. The normalized spacial score (nSPS) is 10.2. The highest BCUT2D eigenvalue weighted by Gasteiger charge is 2.06. The summed E-state index contributed by atoms with van der Waals surface area (Å²) in [7, 11) is 0. The molecule has 0 aliphatic heterocycles. The number of benzene rings is 2. The minimum atomic E-state index is -0.0893. The summed E-state index contributed by atoms with van der Waals surface area (Å²) in [5.74, 6) is 0.609. The van der Waals surface area contributed by atoms with E-state index in [4.69, 9.17) is 16.3 Å².